The van der Waals surface area contributed by atoms with E-state index >= 15 is 0 Å². The van der Waals surface area contributed by atoms with Gasteiger partial charge in [-0.3, -0.25) is 0 Å². The molecule has 2 heteroatoms. The van der Waals surface area contributed by atoms with E-state index in [9.17, 15) is 0 Å². The summed E-state index contributed by atoms with van der Waals surface area (Å²) in [4.78, 5) is 0. The molecule has 0 unspecified atom stereocenters. The molecule has 0 aliphatic heterocycles. The van der Waals surface area contributed by atoms with Crippen molar-refractivity contribution in [3.8, 4) is 0 Å². The minimum atomic E-state index is 1.16. The molecule has 1 aromatic rings. The van der Waals surface area contributed by atoms with Crippen molar-refractivity contribution in [1.29, 1.82) is 0 Å². The molecular formula is C16H29N2+. The largest absolute Gasteiger partial charge is 0.243 e. The van der Waals surface area contributed by atoms with Crippen molar-refractivity contribution in [2.24, 2.45) is 0 Å². The summed E-state index contributed by atoms with van der Waals surface area (Å²) < 4.78 is 4.72. The van der Waals surface area contributed by atoms with Crippen molar-refractivity contribution in [1.82, 2.24) is 4.57 Å². The van der Waals surface area contributed by atoms with Gasteiger partial charge in [0.2, 0.25) is 6.33 Å². The molecule has 0 spiro atoms. The van der Waals surface area contributed by atoms with Crippen LogP contribution in [0.1, 0.15) is 57.6 Å². The molecule has 0 amide bonds. The Hall–Kier alpha value is -1.05. The van der Waals surface area contributed by atoms with Gasteiger partial charge in [0.25, 0.3) is 0 Å². The number of hydrogen-bond donors (Lipinski definition) is 0. The summed E-state index contributed by atoms with van der Waals surface area (Å²) in [5.74, 6) is 0. The SMILES string of the molecule is C=CCCCCCC[n+]1cc(C)n(CCCC)c1. The summed E-state index contributed by atoms with van der Waals surface area (Å²) >= 11 is 0. The lowest BCUT2D eigenvalue weighted by atomic mass is 10.1. The quantitative estimate of drug-likeness (QED) is 0.336. The van der Waals surface area contributed by atoms with Crippen LogP contribution in [-0.2, 0) is 13.1 Å². The van der Waals surface area contributed by atoms with Gasteiger partial charge in [0, 0.05) is 6.92 Å². The monoisotopic (exact) mass is 249 g/mol. The Balaban J connectivity index is 2.23. The lowest BCUT2D eigenvalue weighted by Crippen LogP contribution is -2.30. The van der Waals surface area contributed by atoms with Crippen molar-refractivity contribution < 1.29 is 4.57 Å². The molecule has 0 atom stereocenters. The van der Waals surface area contributed by atoms with Gasteiger partial charge in [0.1, 0.15) is 11.9 Å². The first-order valence-electron chi connectivity index (χ1n) is 7.44. The second kappa shape index (κ2) is 8.96. The van der Waals surface area contributed by atoms with Gasteiger partial charge in [-0.05, 0) is 32.1 Å². The minimum absolute atomic E-state index is 1.16. The summed E-state index contributed by atoms with van der Waals surface area (Å²) in [7, 11) is 0. The maximum absolute atomic E-state index is 3.76. The molecule has 18 heavy (non-hydrogen) atoms. The number of rotatable bonds is 10. The van der Waals surface area contributed by atoms with E-state index in [2.05, 4.69) is 42.1 Å². The van der Waals surface area contributed by atoms with Crippen LogP contribution in [0.3, 0.4) is 0 Å². The number of unbranched alkanes of at least 4 members (excludes halogenated alkanes) is 5. The Labute approximate surface area is 112 Å². The molecule has 0 N–H and O–H groups in total. The third-order valence-corrected chi connectivity index (χ3v) is 3.42. The van der Waals surface area contributed by atoms with Crippen LogP contribution in [0.15, 0.2) is 25.2 Å². The topological polar surface area (TPSA) is 8.81 Å². The fourth-order valence-electron chi connectivity index (χ4n) is 2.24. The molecular weight excluding hydrogens is 220 g/mol. The number of aromatic nitrogens is 2. The van der Waals surface area contributed by atoms with Gasteiger partial charge in [0.05, 0.1) is 13.1 Å². The van der Waals surface area contributed by atoms with Gasteiger partial charge in [-0.2, -0.15) is 0 Å². The molecule has 102 valence electrons. The van der Waals surface area contributed by atoms with Gasteiger partial charge in [-0.25, -0.2) is 9.13 Å². The molecule has 1 aromatic heterocycles. The smallest absolute Gasteiger partial charge is 0.237 e. The van der Waals surface area contributed by atoms with E-state index in [1.165, 1.54) is 50.6 Å². The molecule has 0 fully saturated rings. The van der Waals surface area contributed by atoms with Gasteiger partial charge in [-0.1, -0.05) is 25.8 Å². The van der Waals surface area contributed by atoms with Crippen molar-refractivity contribution in [3.63, 3.8) is 0 Å². The average molecular weight is 249 g/mol. The van der Waals surface area contributed by atoms with Crippen LogP contribution in [0.25, 0.3) is 0 Å². The minimum Gasteiger partial charge on any atom is -0.237 e. The molecule has 0 saturated carbocycles. The average Bonchev–Trinajstić information content (AvgIpc) is 2.72. The third kappa shape index (κ3) is 5.52. The number of imidazole rings is 1. The van der Waals surface area contributed by atoms with Crippen LogP contribution in [0.2, 0.25) is 0 Å². The van der Waals surface area contributed by atoms with Gasteiger partial charge < -0.3 is 0 Å². The molecule has 0 aliphatic rings. The Morgan fingerprint density at radius 2 is 2.00 bits per heavy atom. The van der Waals surface area contributed by atoms with Crippen molar-refractivity contribution in [2.45, 2.75) is 71.9 Å². The summed E-state index contributed by atoms with van der Waals surface area (Å²) in [5, 5.41) is 0. The van der Waals surface area contributed by atoms with Gasteiger partial charge >= 0.3 is 0 Å². The maximum Gasteiger partial charge on any atom is 0.243 e. The highest BCUT2D eigenvalue weighted by molar-refractivity contribution is 4.88. The van der Waals surface area contributed by atoms with Crippen LogP contribution in [-0.4, -0.2) is 4.57 Å². The molecule has 2 nitrogen and oxygen atoms in total. The van der Waals surface area contributed by atoms with Crippen molar-refractivity contribution in [3.05, 3.63) is 30.9 Å². The van der Waals surface area contributed by atoms with Crippen LogP contribution in [0.4, 0.5) is 0 Å². The first-order chi connectivity index (χ1) is 8.77. The summed E-state index contributed by atoms with van der Waals surface area (Å²) in [6.07, 6.45) is 15.5. The molecule has 0 bridgehead atoms. The zero-order valence-electron chi connectivity index (χ0n) is 12.2. The number of hydrogen-bond acceptors (Lipinski definition) is 0. The highest BCUT2D eigenvalue weighted by Gasteiger charge is 2.08. The maximum atomic E-state index is 3.76. The first kappa shape index (κ1) is 15.0. The van der Waals surface area contributed by atoms with E-state index in [0.717, 1.165) is 13.1 Å². The summed E-state index contributed by atoms with van der Waals surface area (Å²) in [6, 6.07) is 0. The van der Waals surface area contributed by atoms with Crippen LogP contribution >= 0.6 is 0 Å². The predicted octanol–water partition coefficient (Wildman–Crippen LogP) is 4.02. The van der Waals surface area contributed by atoms with Gasteiger partial charge in [-0.15, -0.1) is 6.58 Å². The number of nitrogens with zero attached hydrogens (tertiary/aromatic N) is 2. The Bertz CT molecular complexity index is 339. The van der Waals surface area contributed by atoms with Crippen LogP contribution in [0.5, 0.6) is 0 Å². The fraction of sp³-hybridized carbons (Fsp3) is 0.688. The Morgan fingerprint density at radius 1 is 1.22 bits per heavy atom. The van der Waals surface area contributed by atoms with Crippen LogP contribution < -0.4 is 4.57 Å². The second-order valence-corrected chi connectivity index (χ2v) is 5.16. The van der Waals surface area contributed by atoms with Crippen LogP contribution in [0, 0.1) is 6.92 Å². The normalized spacial score (nSPS) is 10.8. The first-order valence-corrected chi connectivity index (χ1v) is 7.44. The predicted molar refractivity (Wildman–Crippen MR) is 77.6 cm³/mol. The highest BCUT2D eigenvalue weighted by Crippen LogP contribution is 2.04. The third-order valence-electron chi connectivity index (χ3n) is 3.42. The van der Waals surface area contributed by atoms with Gasteiger partial charge in [0.15, 0.2) is 0 Å². The molecule has 1 rings (SSSR count). The Kier molecular flexibility index (Phi) is 7.47. The van der Waals surface area contributed by atoms with Crippen molar-refractivity contribution >= 4 is 0 Å². The van der Waals surface area contributed by atoms with E-state index in [-0.39, 0.29) is 0 Å². The van der Waals surface area contributed by atoms with E-state index in [4.69, 9.17) is 0 Å². The lowest BCUT2D eigenvalue weighted by Gasteiger charge is -1.98. The van der Waals surface area contributed by atoms with E-state index < -0.39 is 0 Å². The van der Waals surface area contributed by atoms with E-state index in [0.29, 0.717) is 0 Å². The molecule has 0 radical (unpaired) electrons. The molecule has 0 aromatic carbocycles. The van der Waals surface area contributed by atoms with Crippen molar-refractivity contribution in [2.75, 3.05) is 0 Å². The molecule has 0 aliphatic carbocycles. The second-order valence-electron chi connectivity index (χ2n) is 5.16. The summed E-state index contributed by atoms with van der Waals surface area (Å²) in [6.45, 7) is 10.5. The molecule has 0 saturated heterocycles. The van der Waals surface area contributed by atoms with E-state index in [1.54, 1.807) is 0 Å². The highest BCUT2D eigenvalue weighted by atomic mass is 15.1. The Morgan fingerprint density at radius 3 is 2.72 bits per heavy atom. The lowest BCUT2D eigenvalue weighted by molar-refractivity contribution is -0.697. The van der Waals surface area contributed by atoms with E-state index in [1.807, 2.05) is 6.08 Å². The fourth-order valence-corrected chi connectivity index (χ4v) is 2.24. The zero-order valence-corrected chi connectivity index (χ0v) is 12.2. The molecule has 1 heterocycles. The number of allylic oxidation sites excluding steroid dienone is 1. The standard InChI is InChI=1S/C16H29N2/c1-4-6-8-9-10-11-12-17-14-16(3)18(15-17)13-7-5-2/h4,14-15H,1,5-13H2,2-3H3/q+1. The summed E-state index contributed by atoms with van der Waals surface area (Å²) in [5.41, 5.74) is 1.38. The zero-order chi connectivity index (χ0) is 13.2. The number of aryl methyl sites for hydroxylation is 3.